The number of carbonyl (C=O) groups is 5. The molecule has 31 heavy (non-hydrogen) atoms. The number of rotatable bonds is 8. The molecule has 1 aromatic carbocycles. The fourth-order valence-electron chi connectivity index (χ4n) is 2.21. The second kappa shape index (κ2) is 11.2. The van der Waals surface area contributed by atoms with Gasteiger partial charge in [0.25, 0.3) is 0 Å². The highest BCUT2D eigenvalue weighted by Crippen LogP contribution is 2.13. The minimum Gasteiger partial charge on any atom is -0.444 e. The fraction of sp³-hybridized carbons (Fsp3) is 0.450. The van der Waals surface area contributed by atoms with Crippen LogP contribution in [-0.4, -0.2) is 65.8 Å². The molecular weight excluding hydrogens is 408 g/mol. The van der Waals surface area contributed by atoms with Crippen LogP contribution >= 0.6 is 0 Å². The van der Waals surface area contributed by atoms with Gasteiger partial charge in [0.05, 0.1) is 12.6 Å². The molecule has 0 aliphatic heterocycles. The molecule has 5 N–H and O–H groups in total. The lowest BCUT2D eigenvalue weighted by Crippen LogP contribution is -2.51. The first-order chi connectivity index (χ1) is 14.3. The summed E-state index contributed by atoms with van der Waals surface area (Å²) in [6.07, 6.45) is -0.858. The summed E-state index contributed by atoms with van der Waals surface area (Å²) in [6.45, 7) is 4.82. The van der Waals surface area contributed by atoms with Crippen molar-refractivity contribution in [3.05, 3.63) is 29.8 Å². The van der Waals surface area contributed by atoms with Crippen molar-refractivity contribution in [2.24, 2.45) is 11.5 Å². The van der Waals surface area contributed by atoms with Gasteiger partial charge in [-0.3, -0.25) is 19.3 Å². The Bertz CT molecular complexity index is 829. The van der Waals surface area contributed by atoms with Crippen LogP contribution in [0.1, 0.15) is 38.1 Å². The normalized spacial score (nSPS) is 11.8. The van der Waals surface area contributed by atoms with Gasteiger partial charge in [0.15, 0.2) is 5.78 Å². The number of nitrogens with zero attached hydrogens (tertiary/aromatic N) is 1. The van der Waals surface area contributed by atoms with Crippen LogP contribution < -0.4 is 21.5 Å². The van der Waals surface area contributed by atoms with Gasteiger partial charge in [-0.25, -0.2) is 9.59 Å². The zero-order valence-electron chi connectivity index (χ0n) is 18.0. The van der Waals surface area contributed by atoms with Gasteiger partial charge in [-0.2, -0.15) is 0 Å². The second-order valence-corrected chi connectivity index (χ2v) is 7.59. The van der Waals surface area contributed by atoms with E-state index in [9.17, 15) is 24.0 Å². The first kappa shape index (κ1) is 25.7. The lowest BCUT2D eigenvalue weighted by atomic mass is 10.1. The highest BCUT2D eigenvalue weighted by atomic mass is 16.6. The average molecular weight is 436 g/mol. The van der Waals surface area contributed by atoms with Crippen molar-refractivity contribution in [1.29, 1.82) is 0 Å². The molecule has 0 aliphatic carbocycles. The van der Waals surface area contributed by atoms with E-state index in [4.69, 9.17) is 20.9 Å². The Morgan fingerprint density at radius 3 is 2.16 bits per heavy atom. The molecule has 0 fully saturated rings. The van der Waals surface area contributed by atoms with Crippen molar-refractivity contribution in [3.8, 4) is 5.75 Å². The van der Waals surface area contributed by atoms with Gasteiger partial charge < -0.3 is 26.3 Å². The van der Waals surface area contributed by atoms with Gasteiger partial charge in [-0.1, -0.05) is 0 Å². The summed E-state index contributed by atoms with van der Waals surface area (Å²) >= 11 is 0. The number of ether oxygens (including phenoxy) is 2. The molecule has 3 amide bonds. The minimum atomic E-state index is -1.07. The van der Waals surface area contributed by atoms with Crippen molar-refractivity contribution in [3.63, 3.8) is 0 Å². The Morgan fingerprint density at radius 1 is 1.10 bits per heavy atom. The molecule has 11 heteroatoms. The maximum atomic E-state index is 12.4. The third-order valence-electron chi connectivity index (χ3n) is 3.62. The van der Waals surface area contributed by atoms with Gasteiger partial charge in [-0.15, -0.1) is 0 Å². The predicted molar refractivity (Wildman–Crippen MR) is 110 cm³/mol. The molecule has 0 aliphatic rings. The lowest BCUT2D eigenvalue weighted by Gasteiger charge is -2.23. The Hall–Kier alpha value is -3.31. The molecule has 11 nitrogen and oxygen atoms in total. The van der Waals surface area contributed by atoms with E-state index in [0.29, 0.717) is 10.5 Å². The van der Waals surface area contributed by atoms with E-state index < -0.39 is 48.6 Å². The number of carbonyl (C=O) groups excluding carboxylic acids is 5. The number of Topliss-reactive ketones (excluding diaryl/α,β-unsaturated/α-hetero) is 1. The lowest BCUT2D eigenvalue weighted by molar-refractivity contribution is -0.151. The molecule has 0 heterocycles. The monoisotopic (exact) mass is 436 g/mol. The van der Waals surface area contributed by atoms with Crippen LogP contribution in [0.15, 0.2) is 24.3 Å². The van der Waals surface area contributed by atoms with Crippen molar-refractivity contribution < 1.29 is 33.4 Å². The molecule has 0 aromatic heterocycles. The third-order valence-corrected chi connectivity index (χ3v) is 3.62. The number of ketones is 1. The number of alkyl carbamates (subject to hydrolysis) is 1. The molecule has 1 aromatic rings. The van der Waals surface area contributed by atoms with Gasteiger partial charge in [-0.05, 0) is 52.0 Å². The molecule has 170 valence electrons. The average Bonchev–Trinajstić information content (AvgIpc) is 2.68. The zero-order chi connectivity index (χ0) is 23.8. The highest BCUT2D eigenvalue weighted by Gasteiger charge is 2.28. The van der Waals surface area contributed by atoms with Crippen molar-refractivity contribution >= 4 is 29.7 Å². The summed E-state index contributed by atoms with van der Waals surface area (Å²) in [7, 11) is 0. The van der Waals surface area contributed by atoms with E-state index in [1.54, 1.807) is 20.8 Å². The van der Waals surface area contributed by atoms with Crippen molar-refractivity contribution in [1.82, 2.24) is 10.2 Å². The smallest absolute Gasteiger partial charge is 0.408 e. The molecule has 0 bridgehead atoms. The Labute approximate surface area is 180 Å². The molecule has 0 spiro atoms. The number of amides is 3. The van der Waals surface area contributed by atoms with Crippen molar-refractivity contribution in [2.45, 2.75) is 39.3 Å². The Kier molecular flexibility index (Phi) is 9.28. The van der Waals surface area contributed by atoms with Crippen LogP contribution in [0.5, 0.6) is 5.75 Å². The first-order valence-electron chi connectivity index (χ1n) is 9.44. The Morgan fingerprint density at radius 2 is 1.68 bits per heavy atom. The highest BCUT2D eigenvalue weighted by molar-refractivity contribution is 6.01. The topological polar surface area (TPSA) is 171 Å². The summed E-state index contributed by atoms with van der Waals surface area (Å²) < 4.78 is 10.1. The molecule has 0 saturated heterocycles. The van der Waals surface area contributed by atoms with E-state index in [2.05, 4.69) is 5.32 Å². The minimum absolute atomic E-state index is 0.103. The van der Waals surface area contributed by atoms with E-state index in [1.807, 2.05) is 0 Å². The van der Waals surface area contributed by atoms with Gasteiger partial charge in [0, 0.05) is 5.56 Å². The molecule has 0 unspecified atom stereocenters. The number of esters is 1. The van der Waals surface area contributed by atoms with E-state index in [1.165, 1.54) is 31.2 Å². The Balaban J connectivity index is 2.79. The van der Waals surface area contributed by atoms with E-state index in [0.717, 1.165) is 0 Å². The predicted octanol–water partition coefficient (Wildman–Crippen LogP) is -0.0395. The third kappa shape index (κ3) is 8.93. The van der Waals surface area contributed by atoms with Gasteiger partial charge in [0.2, 0.25) is 11.8 Å². The number of hydrogen-bond acceptors (Lipinski definition) is 9. The summed E-state index contributed by atoms with van der Waals surface area (Å²) in [5.41, 5.74) is 10.4. The second-order valence-electron chi connectivity index (χ2n) is 7.59. The SMILES string of the molecule is C[C@H](N)C(=O)N(CC(=O)Oc1ccc(C(=O)CN)cc1)C(=O)CNC(=O)OC(C)(C)C. The molecule has 1 atom stereocenters. The number of nitrogens with two attached hydrogens (primary N) is 2. The van der Waals surface area contributed by atoms with Gasteiger partial charge in [0.1, 0.15) is 24.4 Å². The molecule has 0 radical (unpaired) electrons. The summed E-state index contributed by atoms with van der Waals surface area (Å²) in [5, 5.41) is 2.22. The standard InChI is InChI=1S/C20H28N4O7/c1-12(22)18(28)24(16(26)10-23-19(29)31-20(2,3)4)11-17(27)30-14-7-5-13(6-8-14)15(25)9-21/h5-8,12H,9-11,21-22H2,1-4H3,(H,23,29)/t12-/m0/s1. The maximum Gasteiger partial charge on any atom is 0.408 e. The summed E-state index contributed by atoms with van der Waals surface area (Å²) in [6, 6.07) is 4.55. The van der Waals surface area contributed by atoms with Crippen LogP contribution in [0.25, 0.3) is 0 Å². The van der Waals surface area contributed by atoms with Crippen LogP contribution in [0.2, 0.25) is 0 Å². The van der Waals surface area contributed by atoms with E-state index >= 15 is 0 Å². The summed E-state index contributed by atoms with van der Waals surface area (Å²) in [5.74, 6) is -2.79. The molecule has 1 rings (SSSR count). The van der Waals surface area contributed by atoms with E-state index in [-0.39, 0.29) is 18.1 Å². The van der Waals surface area contributed by atoms with Gasteiger partial charge >= 0.3 is 12.1 Å². The molecule has 0 saturated carbocycles. The quantitative estimate of drug-likeness (QED) is 0.287. The van der Waals surface area contributed by atoms with Crippen molar-refractivity contribution in [2.75, 3.05) is 19.6 Å². The van der Waals surface area contributed by atoms with Crippen LogP contribution in [-0.2, 0) is 19.1 Å². The molecular formula is C20H28N4O7. The number of nitrogens with one attached hydrogen (secondary N) is 1. The van der Waals surface area contributed by atoms with Crippen LogP contribution in [0, 0.1) is 0 Å². The fourth-order valence-corrected chi connectivity index (χ4v) is 2.21. The maximum absolute atomic E-state index is 12.4. The van der Waals surface area contributed by atoms with Crippen LogP contribution in [0.4, 0.5) is 4.79 Å². The number of benzene rings is 1. The summed E-state index contributed by atoms with van der Waals surface area (Å²) in [4.78, 5) is 60.8. The van der Waals surface area contributed by atoms with Crippen LogP contribution in [0.3, 0.4) is 0 Å². The largest absolute Gasteiger partial charge is 0.444 e. The number of imide groups is 1. The number of hydrogen-bond donors (Lipinski definition) is 3. The first-order valence-corrected chi connectivity index (χ1v) is 9.44. The zero-order valence-corrected chi connectivity index (χ0v) is 18.0.